The lowest BCUT2D eigenvalue weighted by atomic mass is 10.0. The number of unbranched alkanes of at least 4 members (excludes halogenated alkanes) is 1. The van der Waals surface area contributed by atoms with Gasteiger partial charge in [-0.2, -0.15) is 0 Å². The van der Waals surface area contributed by atoms with Gasteiger partial charge >= 0.3 is 0 Å². The molecule has 0 heterocycles. The minimum Gasteiger partial charge on any atom is -0.490 e. The SMILES string of the molecule is CCCCC(NCCC)c1ccc(OC2CC2)cc1. The Hall–Kier alpha value is -1.02. The molecule has 0 bridgehead atoms. The second-order valence-corrected chi connectivity index (χ2v) is 5.54. The highest BCUT2D eigenvalue weighted by molar-refractivity contribution is 5.29. The highest BCUT2D eigenvalue weighted by atomic mass is 16.5. The summed E-state index contributed by atoms with van der Waals surface area (Å²) in [5, 5.41) is 3.65. The number of nitrogens with one attached hydrogen (secondary N) is 1. The first-order chi connectivity index (χ1) is 9.33. The quantitative estimate of drug-likeness (QED) is 0.708. The van der Waals surface area contributed by atoms with Gasteiger partial charge in [0, 0.05) is 6.04 Å². The Kier molecular flexibility index (Phi) is 5.71. The Morgan fingerprint density at radius 3 is 2.47 bits per heavy atom. The van der Waals surface area contributed by atoms with Crippen LogP contribution in [0.1, 0.15) is 64.0 Å². The fourth-order valence-corrected chi connectivity index (χ4v) is 2.27. The molecule has 0 aliphatic heterocycles. The molecule has 0 spiro atoms. The van der Waals surface area contributed by atoms with Crippen LogP contribution in [0.15, 0.2) is 24.3 Å². The first-order valence-electron chi connectivity index (χ1n) is 7.83. The van der Waals surface area contributed by atoms with Crippen LogP contribution in [0.4, 0.5) is 0 Å². The molecule has 1 fully saturated rings. The van der Waals surface area contributed by atoms with E-state index in [9.17, 15) is 0 Å². The van der Waals surface area contributed by atoms with E-state index in [4.69, 9.17) is 4.74 Å². The number of benzene rings is 1. The fourth-order valence-electron chi connectivity index (χ4n) is 2.27. The first-order valence-corrected chi connectivity index (χ1v) is 7.83. The van der Waals surface area contributed by atoms with Gasteiger partial charge in [0.25, 0.3) is 0 Å². The van der Waals surface area contributed by atoms with Crippen molar-refractivity contribution >= 4 is 0 Å². The van der Waals surface area contributed by atoms with Crippen molar-refractivity contribution < 1.29 is 4.74 Å². The molecule has 0 amide bonds. The standard InChI is InChI=1S/C17H27NO/c1-3-5-6-17(18-13-4-2)14-7-9-15(10-8-14)19-16-11-12-16/h7-10,16-18H,3-6,11-13H2,1-2H3. The van der Waals surface area contributed by atoms with Crippen LogP contribution in [0.3, 0.4) is 0 Å². The largest absolute Gasteiger partial charge is 0.490 e. The monoisotopic (exact) mass is 261 g/mol. The van der Waals surface area contributed by atoms with Gasteiger partial charge in [-0.05, 0) is 49.9 Å². The lowest BCUT2D eigenvalue weighted by Crippen LogP contribution is -2.22. The molecule has 1 atom stereocenters. The fraction of sp³-hybridized carbons (Fsp3) is 0.647. The predicted molar refractivity (Wildman–Crippen MR) is 80.7 cm³/mol. The number of hydrogen-bond acceptors (Lipinski definition) is 2. The summed E-state index contributed by atoms with van der Waals surface area (Å²) in [5.74, 6) is 1.02. The van der Waals surface area contributed by atoms with E-state index < -0.39 is 0 Å². The summed E-state index contributed by atoms with van der Waals surface area (Å²) in [7, 11) is 0. The van der Waals surface area contributed by atoms with Gasteiger partial charge in [-0.3, -0.25) is 0 Å². The Morgan fingerprint density at radius 1 is 1.16 bits per heavy atom. The maximum atomic E-state index is 5.80. The van der Waals surface area contributed by atoms with Crippen molar-refractivity contribution in [1.29, 1.82) is 0 Å². The second-order valence-electron chi connectivity index (χ2n) is 5.54. The highest BCUT2D eigenvalue weighted by Gasteiger charge is 2.23. The molecule has 1 aliphatic carbocycles. The highest BCUT2D eigenvalue weighted by Crippen LogP contribution is 2.28. The van der Waals surface area contributed by atoms with E-state index in [0.717, 1.165) is 12.3 Å². The maximum Gasteiger partial charge on any atom is 0.119 e. The third kappa shape index (κ3) is 4.87. The molecule has 19 heavy (non-hydrogen) atoms. The molecule has 1 unspecified atom stereocenters. The van der Waals surface area contributed by atoms with E-state index in [-0.39, 0.29) is 0 Å². The summed E-state index contributed by atoms with van der Waals surface area (Å²) >= 11 is 0. The van der Waals surface area contributed by atoms with Crippen molar-refractivity contribution in [3.63, 3.8) is 0 Å². The van der Waals surface area contributed by atoms with Crippen molar-refractivity contribution in [3.05, 3.63) is 29.8 Å². The van der Waals surface area contributed by atoms with Gasteiger partial charge < -0.3 is 10.1 Å². The average Bonchev–Trinajstić information content (AvgIpc) is 3.24. The Morgan fingerprint density at radius 2 is 1.89 bits per heavy atom. The van der Waals surface area contributed by atoms with Crippen LogP contribution in [0.5, 0.6) is 5.75 Å². The van der Waals surface area contributed by atoms with Crippen LogP contribution >= 0.6 is 0 Å². The molecule has 0 radical (unpaired) electrons. The molecular formula is C17H27NO. The Bertz CT molecular complexity index is 348. The van der Waals surface area contributed by atoms with Crippen LogP contribution in [0.25, 0.3) is 0 Å². The number of rotatable bonds is 9. The molecular weight excluding hydrogens is 234 g/mol. The third-order valence-electron chi connectivity index (χ3n) is 3.60. The third-order valence-corrected chi connectivity index (χ3v) is 3.60. The first kappa shape index (κ1) is 14.4. The zero-order valence-corrected chi connectivity index (χ0v) is 12.3. The van der Waals surface area contributed by atoms with Crippen LogP contribution in [-0.4, -0.2) is 12.6 Å². The lowest BCUT2D eigenvalue weighted by Gasteiger charge is -2.19. The van der Waals surface area contributed by atoms with Gasteiger partial charge in [0.2, 0.25) is 0 Å². The number of ether oxygens (including phenoxy) is 1. The van der Waals surface area contributed by atoms with E-state index >= 15 is 0 Å². The van der Waals surface area contributed by atoms with Gasteiger partial charge in [-0.15, -0.1) is 0 Å². The van der Waals surface area contributed by atoms with Gasteiger partial charge in [-0.1, -0.05) is 38.8 Å². The summed E-state index contributed by atoms with van der Waals surface area (Å²) < 4.78 is 5.80. The van der Waals surface area contributed by atoms with Crippen molar-refractivity contribution in [2.75, 3.05) is 6.54 Å². The van der Waals surface area contributed by atoms with Gasteiger partial charge in [0.15, 0.2) is 0 Å². The average molecular weight is 261 g/mol. The summed E-state index contributed by atoms with van der Waals surface area (Å²) in [4.78, 5) is 0. The van der Waals surface area contributed by atoms with Crippen molar-refractivity contribution in [1.82, 2.24) is 5.32 Å². The molecule has 106 valence electrons. The zero-order valence-electron chi connectivity index (χ0n) is 12.3. The smallest absolute Gasteiger partial charge is 0.119 e. The summed E-state index contributed by atoms with van der Waals surface area (Å²) in [6.45, 7) is 5.56. The Balaban J connectivity index is 1.93. The van der Waals surface area contributed by atoms with Gasteiger partial charge in [-0.25, -0.2) is 0 Å². The summed E-state index contributed by atoms with van der Waals surface area (Å²) in [5.41, 5.74) is 1.39. The Labute approximate surface area is 117 Å². The van der Waals surface area contributed by atoms with Crippen LogP contribution in [0.2, 0.25) is 0 Å². The predicted octanol–water partition coefficient (Wildman–Crippen LogP) is 4.46. The number of hydrogen-bond donors (Lipinski definition) is 1. The van der Waals surface area contributed by atoms with E-state index in [1.807, 2.05) is 0 Å². The maximum absolute atomic E-state index is 5.80. The molecule has 1 aromatic rings. The topological polar surface area (TPSA) is 21.3 Å². The molecule has 1 aromatic carbocycles. The van der Waals surface area contributed by atoms with Crippen LogP contribution in [0, 0.1) is 0 Å². The zero-order chi connectivity index (χ0) is 13.5. The van der Waals surface area contributed by atoms with Crippen LogP contribution < -0.4 is 10.1 Å². The van der Waals surface area contributed by atoms with E-state index in [1.165, 1.54) is 44.1 Å². The van der Waals surface area contributed by atoms with E-state index in [0.29, 0.717) is 12.1 Å². The van der Waals surface area contributed by atoms with Crippen molar-refractivity contribution in [2.45, 2.75) is 64.5 Å². The van der Waals surface area contributed by atoms with Crippen molar-refractivity contribution in [2.24, 2.45) is 0 Å². The van der Waals surface area contributed by atoms with Gasteiger partial charge in [0.05, 0.1) is 6.10 Å². The molecule has 1 N–H and O–H groups in total. The van der Waals surface area contributed by atoms with E-state index in [2.05, 4.69) is 43.4 Å². The molecule has 1 saturated carbocycles. The van der Waals surface area contributed by atoms with Gasteiger partial charge in [0.1, 0.15) is 5.75 Å². The normalized spacial score (nSPS) is 16.3. The second kappa shape index (κ2) is 7.54. The van der Waals surface area contributed by atoms with Crippen molar-refractivity contribution in [3.8, 4) is 5.75 Å². The molecule has 2 rings (SSSR count). The minimum atomic E-state index is 0.486. The van der Waals surface area contributed by atoms with Crippen LogP contribution in [-0.2, 0) is 0 Å². The molecule has 2 heteroatoms. The van der Waals surface area contributed by atoms with E-state index in [1.54, 1.807) is 0 Å². The summed E-state index contributed by atoms with van der Waals surface area (Å²) in [6.07, 6.45) is 7.87. The molecule has 2 nitrogen and oxygen atoms in total. The lowest BCUT2D eigenvalue weighted by molar-refractivity contribution is 0.303. The molecule has 0 saturated heterocycles. The summed E-state index contributed by atoms with van der Waals surface area (Å²) in [6, 6.07) is 9.19. The minimum absolute atomic E-state index is 0.486. The molecule has 0 aromatic heterocycles. The molecule has 1 aliphatic rings.